The zero-order valence-electron chi connectivity index (χ0n) is 15.6. The molecule has 2 fully saturated rings. The highest BCUT2D eigenvalue weighted by Crippen LogP contribution is 2.48. The van der Waals surface area contributed by atoms with Crippen LogP contribution in [0.15, 0.2) is 52.3 Å². The Morgan fingerprint density at radius 3 is 2.52 bits per heavy atom. The minimum Gasteiger partial charge on any atom is -0.338 e. The quantitative estimate of drug-likeness (QED) is 0.737. The first-order chi connectivity index (χ1) is 13.9. The number of benzene rings is 2. The van der Waals surface area contributed by atoms with E-state index in [2.05, 4.69) is 0 Å². The van der Waals surface area contributed by atoms with Crippen molar-refractivity contribution in [3.05, 3.63) is 53.1 Å². The lowest BCUT2D eigenvalue weighted by Crippen LogP contribution is -2.47. The summed E-state index contributed by atoms with van der Waals surface area (Å²) in [6.45, 7) is 1.35. The van der Waals surface area contributed by atoms with Gasteiger partial charge in [-0.1, -0.05) is 23.7 Å². The summed E-state index contributed by atoms with van der Waals surface area (Å²) in [4.78, 5) is 15.1. The zero-order chi connectivity index (χ0) is 20.2. The Labute approximate surface area is 174 Å². The van der Waals surface area contributed by atoms with Crippen molar-refractivity contribution >= 4 is 33.0 Å². The van der Waals surface area contributed by atoms with Crippen LogP contribution in [0.25, 0.3) is 0 Å². The summed E-state index contributed by atoms with van der Waals surface area (Å²) < 4.78 is 38.1. The molecule has 0 aromatic heterocycles. The molecule has 1 aliphatic carbocycles. The topological polar surface area (TPSA) is 72.9 Å². The van der Waals surface area contributed by atoms with Gasteiger partial charge in [0.05, 0.1) is 33.7 Å². The van der Waals surface area contributed by atoms with Gasteiger partial charge in [0.25, 0.3) is 11.7 Å². The highest BCUT2D eigenvalue weighted by atomic mass is 35.5. The van der Waals surface area contributed by atoms with E-state index in [1.54, 1.807) is 23.1 Å². The smallest absolute Gasteiger partial charge is 0.292 e. The number of sulfone groups is 1. The molecule has 1 saturated carbocycles. The van der Waals surface area contributed by atoms with Crippen LogP contribution < -0.4 is 4.90 Å². The summed E-state index contributed by atoms with van der Waals surface area (Å²) in [6, 6.07) is 11.0. The van der Waals surface area contributed by atoms with Crippen LogP contribution in [0.2, 0.25) is 5.02 Å². The van der Waals surface area contributed by atoms with Gasteiger partial charge in [0.1, 0.15) is 0 Å². The Bertz CT molecular complexity index is 1090. The minimum absolute atomic E-state index is 0.0281. The molecule has 29 heavy (non-hydrogen) atoms. The lowest BCUT2D eigenvalue weighted by atomic mass is 10.1. The van der Waals surface area contributed by atoms with E-state index in [-0.39, 0.29) is 20.7 Å². The van der Waals surface area contributed by atoms with Crippen LogP contribution in [0.4, 0.5) is 5.69 Å². The Hall–Kier alpha value is -1.93. The van der Waals surface area contributed by atoms with Gasteiger partial charge in [-0.05, 0) is 55.5 Å². The average Bonchev–Trinajstić information content (AvgIpc) is 3.53. The fraction of sp³-hybridized carbons (Fsp3) is 0.381. The standard InChI is InChI=1S/C21H20ClNO5S/c22-17-4-1-2-5-19(17)29(25,26)15-8-9-18-16(12-15)21(27-10-3-11-28-21)20(24)23(18)13-14-6-7-14/h1-2,4-5,8-9,12,14H,3,6-7,10-11,13H2. The number of ether oxygens (including phenoxy) is 2. The largest absolute Gasteiger partial charge is 0.338 e. The maximum Gasteiger partial charge on any atom is 0.292 e. The predicted molar refractivity (Wildman–Crippen MR) is 107 cm³/mol. The Balaban J connectivity index is 1.64. The van der Waals surface area contributed by atoms with Crippen molar-refractivity contribution in [1.29, 1.82) is 0 Å². The first kappa shape index (κ1) is 19.1. The molecule has 2 aromatic rings. The molecule has 6 nitrogen and oxygen atoms in total. The number of anilines is 1. The molecule has 2 aromatic carbocycles. The van der Waals surface area contributed by atoms with E-state index in [0.29, 0.717) is 43.3 Å². The first-order valence-corrected chi connectivity index (χ1v) is 11.5. The predicted octanol–water partition coefficient (Wildman–Crippen LogP) is 3.52. The summed E-state index contributed by atoms with van der Waals surface area (Å²) in [5.74, 6) is -1.36. The van der Waals surface area contributed by atoms with Crippen molar-refractivity contribution in [3.63, 3.8) is 0 Å². The first-order valence-electron chi connectivity index (χ1n) is 9.67. The number of hydrogen-bond acceptors (Lipinski definition) is 5. The van der Waals surface area contributed by atoms with E-state index < -0.39 is 15.6 Å². The van der Waals surface area contributed by atoms with E-state index in [1.807, 2.05) is 0 Å². The number of hydrogen-bond donors (Lipinski definition) is 0. The molecule has 0 bridgehead atoms. The average molecular weight is 434 g/mol. The Kier molecular flexibility index (Phi) is 4.47. The van der Waals surface area contributed by atoms with Crippen LogP contribution in [0, 0.1) is 5.92 Å². The van der Waals surface area contributed by atoms with Gasteiger partial charge in [0.2, 0.25) is 9.84 Å². The van der Waals surface area contributed by atoms with Crippen LogP contribution in [0.5, 0.6) is 0 Å². The number of carbonyl (C=O) groups is 1. The van der Waals surface area contributed by atoms with Crippen LogP contribution in [-0.2, 0) is 29.9 Å². The lowest BCUT2D eigenvalue weighted by Gasteiger charge is -2.32. The van der Waals surface area contributed by atoms with E-state index in [4.69, 9.17) is 21.1 Å². The van der Waals surface area contributed by atoms with Gasteiger partial charge in [-0.25, -0.2) is 8.42 Å². The molecule has 3 aliphatic rings. The van der Waals surface area contributed by atoms with E-state index in [9.17, 15) is 13.2 Å². The van der Waals surface area contributed by atoms with Gasteiger partial charge >= 0.3 is 0 Å². The third-order valence-corrected chi connectivity index (χ3v) is 7.86. The second-order valence-electron chi connectivity index (χ2n) is 7.64. The maximum absolute atomic E-state index is 13.3. The fourth-order valence-electron chi connectivity index (χ4n) is 3.92. The maximum atomic E-state index is 13.3. The van der Waals surface area contributed by atoms with Gasteiger partial charge < -0.3 is 14.4 Å². The molecule has 2 heterocycles. The SMILES string of the molecule is O=C1N(CC2CC2)c2ccc(S(=O)(=O)c3ccccc3Cl)cc2C12OCCCO2. The molecule has 5 rings (SSSR count). The zero-order valence-corrected chi connectivity index (χ0v) is 17.2. The summed E-state index contributed by atoms with van der Waals surface area (Å²) in [7, 11) is -3.87. The van der Waals surface area contributed by atoms with Crippen molar-refractivity contribution < 1.29 is 22.7 Å². The molecule has 2 aliphatic heterocycles. The van der Waals surface area contributed by atoms with Gasteiger partial charge in [-0.3, -0.25) is 4.79 Å². The number of amides is 1. The molecular formula is C21H20ClNO5S. The van der Waals surface area contributed by atoms with Crippen LogP contribution in [0.3, 0.4) is 0 Å². The third kappa shape index (κ3) is 2.99. The van der Waals surface area contributed by atoms with E-state index in [0.717, 1.165) is 12.8 Å². The van der Waals surface area contributed by atoms with Crippen molar-refractivity contribution in [1.82, 2.24) is 0 Å². The normalized spacial score (nSPS) is 20.9. The third-order valence-electron chi connectivity index (χ3n) is 5.61. The summed E-state index contributed by atoms with van der Waals surface area (Å²) in [5, 5.41) is 0.152. The van der Waals surface area contributed by atoms with E-state index in [1.165, 1.54) is 24.3 Å². The highest BCUT2D eigenvalue weighted by Gasteiger charge is 2.55. The number of fused-ring (bicyclic) bond motifs is 2. The Morgan fingerprint density at radius 2 is 1.83 bits per heavy atom. The number of carbonyl (C=O) groups excluding carboxylic acids is 1. The van der Waals surface area contributed by atoms with Crippen molar-refractivity contribution in [2.24, 2.45) is 5.92 Å². The van der Waals surface area contributed by atoms with Crippen molar-refractivity contribution in [2.75, 3.05) is 24.7 Å². The Morgan fingerprint density at radius 1 is 1.10 bits per heavy atom. The van der Waals surface area contributed by atoms with Gasteiger partial charge in [-0.2, -0.15) is 0 Å². The molecule has 0 unspecified atom stereocenters. The second-order valence-corrected chi connectivity index (χ2v) is 9.96. The van der Waals surface area contributed by atoms with E-state index >= 15 is 0 Å². The molecule has 1 spiro atoms. The molecule has 152 valence electrons. The minimum atomic E-state index is -3.87. The molecule has 1 saturated heterocycles. The molecule has 0 atom stereocenters. The van der Waals surface area contributed by atoms with Crippen LogP contribution >= 0.6 is 11.6 Å². The highest BCUT2D eigenvalue weighted by molar-refractivity contribution is 7.91. The second kappa shape index (κ2) is 6.80. The lowest BCUT2D eigenvalue weighted by molar-refractivity contribution is -0.256. The monoisotopic (exact) mass is 433 g/mol. The molecule has 0 radical (unpaired) electrons. The van der Waals surface area contributed by atoms with Gasteiger partial charge in [0, 0.05) is 12.1 Å². The number of halogens is 1. The van der Waals surface area contributed by atoms with Gasteiger partial charge in [-0.15, -0.1) is 0 Å². The fourth-order valence-corrected chi connectivity index (χ4v) is 5.72. The van der Waals surface area contributed by atoms with Crippen molar-refractivity contribution in [3.8, 4) is 0 Å². The van der Waals surface area contributed by atoms with Crippen molar-refractivity contribution in [2.45, 2.75) is 34.8 Å². The number of nitrogens with zero attached hydrogens (tertiary/aromatic N) is 1. The molecular weight excluding hydrogens is 414 g/mol. The summed E-state index contributed by atoms with van der Waals surface area (Å²) in [5.41, 5.74) is 1.11. The number of rotatable bonds is 4. The molecule has 1 amide bonds. The molecule has 0 N–H and O–H groups in total. The van der Waals surface area contributed by atoms with Crippen LogP contribution in [0.1, 0.15) is 24.8 Å². The summed E-state index contributed by atoms with van der Waals surface area (Å²) >= 11 is 6.14. The summed E-state index contributed by atoms with van der Waals surface area (Å²) in [6.07, 6.45) is 2.87. The molecule has 8 heteroatoms. The van der Waals surface area contributed by atoms with Crippen LogP contribution in [-0.4, -0.2) is 34.1 Å². The van der Waals surface area contributed by atoms with Gasteiger partial charge in [0.15, 0.2) is 0 Å².